The molecule has 100 valence electrons. The van der Waals surface area contributed by atoms with Gasteiger partial charge in [-0.05, 0) is 66.9 Å². The standard InChI is InChI=1S/C15H30N2/c1-10(2)14(9-17)6-12-5-13(8-16)15(14,7-12)11(3)4/h10-13H,5-9,16-17H2,1-4H3. The summed E-state index contributed by atoms with van der Waals surface area (Å²) in [6.45, 7) is 11.2. The third kappa shape index (κ3) is 1.46. The van der Waals surface area contributed by atoms with Crippen molar-refractivity contribution in [1.29, 1.82) is 0 Å². The maximum absolute atomic E-state index is 6.26. The average Bonchev–Trinajstić information content (AvgIpc) is 2.81. The van der Waals surface area contributed by atoms with Crippen molar-refractivity contribution in [1.82, 2.24) is 0 Å². The fraction of sp³-hybridized carbons (Fsp3) is 1.00. The number of nitrogens with two attached hydrogens (primary N) is 2. The van der Waals surface area contributed by atoms with E-state index in [9.17, 15) is 0 Å². The summed E-state index contributed by atoms with van der Waals surface area (Å²) in [5, 5.41) is 0. The van der Waals surface area contributed by atoms with Crippen LogP contribution in [0.15, 0.2) is 0 Å². The Morgan fingerprint density at radius 1 is 1.06 bits per heavy atom. The molecule has 4 N–H and O–H groups in total. The first-order valence-electron chi connectivity index (χ1n) is 7.34. The van der Waals surface area contributed by atoms with Crippen LogP contribution in [0.3, 0.4) is 0 Å². The summed E-state index contributed by atoms with van der Waals surface area (Å²) in [7, 11) is 0. The van der Waals surface area contributed by atoms with E-state index in [1.807, 2.05) is 0 Å². The molecule has 2 bridgehead atoms. The Hall–Kier alpha value is -0.0800. The zero-order valence-electron chi connectivity index (χ0n) is 12.0. The number of hydrogen-bond acceptors (Lipinski definition) is 2. The zero-order valence-corrected chi connectivity index (χ0v) is 12.0. The van der Waals surface area contributed by atoms with Crippen LogP contribution in [-0.4, -0.2) is 13.1 Å². The van der Waals surface area contributed by atoms with Gasteiger partial charge >= 0.3 is 0 Å². The molecule has 4 atom stereocenters. The molecule has 17 heavy (non-hydrogen) atoms. The summed E-state index contributed by atoms with van der Waals surface area (Å²) in [5.74, 6) is 2.97. The van der Waals surface area contributed by atoms with Gasteiger partial charge in [-0.2, -0.15) is 0 Å². The molecule has 4 unspecified atom stereocenters. The van der Waals surface area contributed by atoms with Gasteiger partial charge in [0.15, 0.2) is 0 Å². The SMILES string of the molecule is CC(C)C1(CN)CC2CC(CN)C1(C(C)C)C2. The summed E-state index contributed by atoms with van der Waals surface area (Å²) >= 11 is 0. The van der Waals surface area contributed by atoms with Crippen LogP contribution >= 0.6 is 0 Å². The van der Waals surface area contributed by atoms with Gasteiger partial charge in [0.05, 0.1) is 0 Å². The molecule has 0 spiro atoms. The van der Waals surface area contributed by atoms with Crippen molar-refractivity contribution < 1.29 is 0 Å². The molecule has 0 aromatic rings. The molecule has 2 aliphatic rings. The number of rotatable bonds is 4. The molecule has 2 nitrogen and oxygen atoms in total. The summed E-state index contributed by atoms with van der Waals surface area (Å²) in [5.41, 5.74) is 13.1. The van der Waals surface area contributed by atoms with E-state index < -0.39 is 0 Å². The van der Waals surface area contributed by atoms with E-state index in [4.69, 9.17) is 11.5 Å². The lowest BCUT2D eigenvalue weighted by Crippen LogP contribution is -2.55. The Kier molecular flexibility index (Phi) is 3.33. The van der Waals surface area contributed by atoms with Gasteiger partial charge in [0.1, 0.15) is 0 Å². The molecule has 2 aliphatic carbocycles. The lowest BCUT2D eigenvalue weighted by Gasteiger charge is -2.55. The molecule has 0 amide bonds. The Balaban J connectivity index is 2.48. The van der Waals surface area contributed by atoms with Crippen molar-refractivity contribution in [2.75, 3.05) is 13.1 Å². The number of fused-ring (bicyclic) bond motifs is 2. The van der Waals surface area contributed by atoms with Crippen molar-refractivity contribution in [2.45, 2.75) is 47.0 Å². The zero-order chi connectivity index (χ0) is 12.8. The highest BCUT2D eigenvalue weighted by molar-refractivity contribution is 5.16. The molecule has 0 radical (unpaired) electrons. The summed E-state index contributed by atoms with van der Waals surface area (Å²) in [4.78, 5) is 0. The van der Waals surface area contributed by atoms with Crippen LogP contribution in [-0.2, 0) is 0 Å². The quantitative estimate of drug-likeness (QED) is 0.791. The van der Waals surface area contributed by atoms with Gasteiger partial charge in [0.25, 0.3) is 0 Å². The first-order chi connectivity index (χ1) is 7.94. The third-order valence-electron chi connectivity index (χ3n) is 6.34. The minimum atomic E-state index is 0.341. The maximum Gasteiger partial charge on any atom is -0.00124 e. The number of hydrogen-bond donors (Lipinski definition) is 2. The first-order valence-corrected chi connectivity index (χ1v) is 7.34. The first kappa shape index (κ1) is 13.4. The van der Waals surface area contributed by atoms with Crippen molar-refractivity contribution >= 4 is 0 Å². The highest BCUT2D eigenvalue weighted by Gasteiger charge is 2.66. The fourth-order valence-electron chi connectivity index (χ4n) is 5.68. The average molecular weight is 238 g/mol. The van der Waals surface area contributed by atoms with E-state index in [-0.39, 0.29) is 0 Å². The van der Waals surface area contributed by atoms with E-state index in [0.29, 0.717) is 28.6 Å². The summed E-state index contributed by atoms with van der Waals surface area (Å²) in [6, 6.07) is 0. The van der Waals surface area contributed by atoms with Gasteiger partial charge in [-0.1, -0.05) is 27.7 Å². The van der Waals surface area contributed by atoms with Gasteiger partial charge in [0.2, 0.25) is 0 Å². The smallest absolute Gasteiger partial charge is 0.00124 e. The molecule has 0 aromatic heterocycles. The van der Waals surface area contributed by atoms with Crippen LogP contribution in [0.1, 0.15) is 47.0 Å². The lowest BCUT2D eigenvalue weighted by atomic mass is 9.50. The summed E-state index contributed by atoms with van der Waals surface area (Å²) in [6.07, 6.45) is 4.07. The fourth-order valence-corrected chi connectivity index (χ4v) is 5.68. The second kappa shape index (κ2) is 4.24. The topological polar surface area (TPSA) is 52.0 Å². The van der Waals surface area contributed by atoms with Gasteiger partial charge in [-0.15, -0.1) is 0 Å². The van der Waals surface area contributed by atoms with Crippen LogP contribution in [0.2, 0.25) is 0 Å². The summed E-state index contributed by atoms with van der Waals surface area (Å²) < 4.78 is 0. The van der Waals surface area contributed by atoms with Gasteiger partial charge < -0.3 is 11.5 Å². The van der Waals surface area contributed by atoms with Crippen LogP contribution in [0.5, 0.6) is 0 Å². The van der Waals surface area contributed by atoms with E-state index in [1.165, 1.54) is 19.3 Å². The van der Waals surface area contributed by atoms with Crippen molar-refractivity contribution in [3.05, 3.63) is 0 Å². The normalized spacial score (nSPS) is 45.2. The highest BCUT2D eigenvalue weighted by Crippen LogP contribution is 2.71. The Morgan fingerprint density at radius 2 is 1.71 bits per heavy atom. The largest absolute Gasteiger partial charge is 0.330 e. The molecule has 0 heterocycles. The van der Waals surface area contributed by atoms with Crippen molar-refractivity contribution in [2.24, 2.45) is 46.0 Å². The van der Waals surface area contributed by atoms with E-state index >= 15 is 0 Å². The predicted molar refractivity (Wildman–Crippen MR) is 73.5 cm³/mol. The highest BCUT2D eigenvalue weighted by atomic mass is 14.8. The van der Waals surface area contributed by atoms with Crippen LogP contribution in [0.4, 0.5) is 0 Å². The minimum Gasteiger partial charge on any atom is -0.330 e. The molecule has 2 saturated carbocycles. The second-order valence-electron chi connectivity index (χ2n) is 7.15. The molecule has 2 fully saturated rings. The molecule has 2 heteroatoms. The van der Waals surface area contributed by atoms with Crippen LogP contribution < -0.4 is 11.5 Å². The molecular formula is C15H30N2. The minimum absolute atomic E-state index is 0.341. The lowest BCUT2D eigenvalue weighted by molar-refractivity contribution is -0.0637. The molecule has 2 rings (SSSR count). The Bertz CT molecular complexity index is 287. The second-order valence-corrected chi connectivity index (χ2v) is 7.15. The molecular weight excluding hydrogens is 208 g/mol. The Labute approximate surface area is 107 Å². The maximum atomic E-state index is 6.26. The van der Waals surface area contributed by atoms with Gasteiger partial charge in [0, 0.05) is 0 Å². The van der Waals surface area contributed by atoms with E-state index in [0.717, 1.165) is 19.0 Å². The molecule has 0 aromatic carbocycles. The monoisotopic (exact) mass is 238 g/mol. The molecule has 0 aliphatic heterocycles. The predicted octanol–water partition coefficient (Wildman–Crippen LogP) is 2.62. The van der Waals surface area contributed by atoms with Crippen LogP contribution in [0.25, 0.3) is 0 Å². The molecule has 0 saturated heterocycles. The van der Waals surface area contributed by atoms with E-state index in [1.54, 1.807) is 0 Å². The van der Waals surface area contributed by atoms with Crippen molar-refractivity contribution in [3.63, 3.8) is 0 Å². The van der Waals surface area contributed by atoms with Gasteiger partial charge in [-0.25, -0.2) is 0 Å². The van der Waals surface area contributed by atoms with Crippen LogP contribution in [0, 0.1) is 34.5 Å². The Morgan fingerprint density at radius 3 is 2.12 bits per heavy atom. The van der Waals surface area contributed by atoms with E-state index in [2.05, 4.69) is 27.7 Å². The van der Waals surface area contributed by atoms with Gasteiger partial charge in [-0.3, -0.25) is 0 Å². The van der Waals surface area contributed by atoms with Crippen molar-refractivity contribution in [3.8, 4) is 0 Å². The third-order valence-corrected chi connectivity index (χ3v) is 6.34.